The molecule has 7 nitrogen and oxygen atoms in total. The molecule has 1 heterocycles. The number of nitrogens with two attached hydrogens (primary N) is 1. The van der Waals surface area contributed by atoms with Crippen molar-refractivity contribution in [2.75, 3.05) is 13.2 Å². The summed E-state index contributed by atoms with van der Waals surface area (Å²) < 4.78 is 10.6. The maximum absolute atomic E-state index is 9.75. The zero-order chi connectivity index (χ0) is 15.1. The molecule has 7 heteroatoms. The van der Waals surface area contributed by atoms with Gasteiger partial charge in [-0.25, -0.2) is 0 Å². The molecule has 0 radical (unpaired) electrons. The summed E-state index contributed by atoms with van der Waals surface area (Å²) in [6, 6.07) is 0.0391. The molecule has 1 fully saturated rings. The fourth-order valence-corrected chi connectivity index (χ4v) is 2.18. The Morgan fingerprint density at radius 2 is 1.95 bits per heavy atom. The highest BCUT2D eigenvalue weighted by Gasteiger charge is 2.46. The Morgan fingerprint density at radius 3 is 2.55 bits per heavy atom. The molecule has 1 rings (SSSR count). The molecule has 0 bridgehead atoms. The van der Waals surface area contributed by atoms with Crippen LogP contribution in [0.2, 0.25) is 0 Å². The highest BCUT2D eigenvalue weighted by Crippen LogP contribution is 2.24. The van der Waals surface area contributed by atoms with Crippen LogP contribution in [0.25, 0.3) is 0 Å². The van der Waals surface area contributed by atoms with Crippen LogP contribution in [0.15, 0.2) is 0 Å². The first kappa shape index (κ1) is 17.8. The first-order valence-corrected chi connectivity index (χ1v) is 7.19. The van der Waals surface area contributed by atoms with Gasteiger partial charge in [-0.15, -0.1) is 0 Å². The van der Waals surface area contributed by atoms with Gasteiger partial charge in [-0.05, 0) is 12.8 Å². The molecule has 0 spiro atoms. The van der Waals surface area contributed by atoms with Gasteiger partial charge in [-0.3, -0.25) is 0 Å². The van der Waals surface area contributed by atoms with E-state index in [9.17, 15) is 15.3 Å². The lowest BCUT2D eigenvalue weighted by Crippen LogP contribution is -2.40. The Kier molecular flexibility index (Phi) is 7.90. The minimum Gasteiger partial charge on any atom is -0.394 e. The molecular weight excluding hydrogens is 266 g/mol. The fourth-order valence-electron chi connectivity index (χ4n) is 2.18. The predicted molar refractivity (Wildman–Crippen MR) is 71.8 cm³/mol. The van der Waals surface area contributed by atoms with Crippen molar-refractivity contribution < 1.29 is 29.9 Å². The van der Waals surface area contributed by atoms with Gasteiger partial charge in [0.15, 0.2) is 6.29 Å². The third kappa shape index (κ3) is 4.92. The lowest BCUT2D eigenvalue weighted by atomic mass is 10.1. The van der Waals surface area contributed by atoms with Crippen LogP contribution in [0.3, 0.4) is 0 Å². The number of hydrogen-bond donors (Lipinski definition) is 5. The zero-order valence-corrected chi connectivity index (χ0v) is 11.9. The van der Waals surface area contributed by atoms with E-state index in [-0.39, 0.29) is 6.04 Å². The third-order valence-corrected chi connectivity index (χ3v) is 3.52. The summed E-state index contributed by atoms with van der Waals surface area (Å²) in [7, 11) is 0. The summed E-state index contributed by atoms with van der Waals surface area (Å²) >= 11 is 0. The SMILES string of the molecule is CCCCC(N)CCO[C@H]1O[C@H]([C@@H](O)CO)[C@@H](O)[C@H]1O. The minimum absolute atomic E-state index is 0.0391. The number of ether oxygens (including phenoxy) is 2. The smallest absolute Gasteiger partial charge is 0.186 e. The first-order chi connectivity index (χ1) is 9.51. The van der Waals surface area contributed by atoms with Crippen molar-refractivity contribution >= 4 is 0 Å². The van der Waals surface area contributed by atoms with Gasteiger partial charge in [0.25, 0.3) is 0 Å². The summed E-state index contributed by atoms with van der Waals surface area (Å²) in [4.78, 5) is 0. The number of unbranched alkanes of at least 4 members (excludes halogenated alkanes) is 1. The Labute approximate surface area is 119 Å². The molecule has 0 aliphatic carbocycles. The summed E-state index contributed by atoms with van der Waals surface area (Å²) in [5.74, 6) is 0. The van der Waals surface area contributed by atoms with Crippen LogP contribution in [0.5, 0.6) is 0 Å². The van der Waals surface area contributed by atoms with Crippen molar-refractivity contribution in [3.8, 4) is 0 Å². The second-order valence-corrected chi connectivity index (χ2v) is 5.26. The van der Waals surface area contributed by atoms with E-state index in [2.05, 4.69) is 6.92 Å². The number of aliphatic hydroxyl groups is 4. The quantitative estimate of drug-likeness (QED) is 0.358. The standard InChI is InChI=1S/C13H27NO6/c1-2-3-4-8(14)5-6-19-13-11(18)10(17)12(20-13)9(16)7-15/h8-13,15-18H,2-7,14H2,1H3/t8?,9-,10-,11+,12+,13-/m0/s1. The van der Waals surface area contributed by atoms with E-state index in [1.54, 1.807) is 0 Å². The molecule has 1 unspecified atom stereocenters. The third-order valence-electron chi connectivity index (χ3n) is 3.52. The van der Waals surface area contributed by atoms with E-state index in [1.807, 2.05) is 0 Å². The van der Waals surface area contributed by atoms with E-state index >= 15 is 0 Å². The topological polar surface area (TPSA) is 125 Å². The Hall–Kier alpha value is -0.280. The molecule has 1 aliphatic heterocycles. The summed E-state index contributed by atoms with van der Waals surface area (Å²) in [5, 5.41) is 37.7. The normalized spacial score (nSPS) is 33.3. The molecule has 0 aromatic rings. The average molecular weight is 293 g/mol. The van der Waals surface area contributed by atoms with E-state index < -0.39 is 37.3 Å². The molecule has 1 saturated heterocycles. The lowest BCUT2D eigenvalue weighted by Gasteiger charge is -2.19. The van der Waals surface area contributed by atoms with Crippen LogP contribution >= 0.6 is 0 Å². The summed E-state index contributed by atoms with van der Waals surface area (Å²) in [6.07, 6.45) is -2.12. The predicted octanol–water partition coefficient (Wildman–Crippen LogP) is -1.29. The van der Waals surface area contributed by atoms with Crippen LogP contribution < -0.4 is 5.73 Å². The second kappa shape index (κ2) is 8.89. The van der Waals surface area contributed by atoms with Crippen LogP contribution in [0, 0.1) is 0 Å². The van der Waals surface area contributed by atoms with Crippen molar-refractivity contribution in [3.05, 3.63) is 0 Å². The van der Waals surface area contributed by atoms with E-state index in [1.165, 1.54) is 0 Å². The molecule has 0 saturated carbocycles. The van der Waals surface area contributed by atoms with Gasteiger partial charge in [0.1, 0.15) is 24.4 Å². The Bertz CT molecular complexity index is 267. The van der Waals surface area contributed by atoms with Gasteiger partial charge >= 0.3 is 0 Å². The van der Waals surface area contributed by atoms with Crippen LogP contribution in [-0.2, 0) is 9.47 Å². The van der Waals surface area contributed by atoms with Crippen molar-refractivity contribution in [1.29, 1.82) is 0 Å². The fraction of sp³-hybridized carbons (Fsp3) is 1.00. The molecule has 0 aromatic heterocycles. The molecule has 0 aromatic carbocycles. The Morgan fingerprint density at radius 1 is 1.25 bits per heavy atom. The average Bonchev–Trinajstić information content (AvgIpc) is 2.72. The molecule has 20 heavy (non-hydrogen) atoms. The highest BCUT2D eigenvalue weighted by atomic mass is 16.7. The van der Waals surface area contributed by atoms with Gasteiger partial charge < -0.3 is 35.6 Å². The maximum Gasteiger partial charge on any atom is 0.186 e. The highest BCUT2D eigenvalue weighted by molar-refractivity contribution is 4.90. The summed E-state index contributed by atoms with van der Waals surface area (Å²) in [5.41, 5.74) is 5.90. The van der Waals surface area contributed by atoms with Crippen molar-refractivity contribution in [2.24, 2.45) is 5.73 Å². The molecule has 6 atom stereocenters. The maximum atomic E-state index is 9.75. The van der Waals surface area contributed by atoms with Gasteiger partial charge in [-0.1, -0.05) is 19.8 Å². The molecule has 1 aliphatic rings. The van der Waals surface area contributed by atoms with Crippen molar-refractivity contribution in [3.63, 3.8) is 0 Å². The molecule has 6 N–H and O–H groups in total. The largest absolute Gasteiger partial charge is 0.394 e. The summed E-state index contributed by atoms with van der Waals surface area (Å²) in [6.45, 7) is 1.85. The van der Waals surface area contributed by atoms with Crippen LogP contribution in [-0.4, -0.2) is 70.4 Å². The Balaban J connectivity index is 2.30. The molecule has 0 amide bonds. The van der Waals surface area contributed by atoms with Gasteiger partial charge in [0.05, 0.1) is 13.2 Å². The van der Waals surface area contributed by atoms with Crippen molar-refractivity contribution in [2.45, 2.75) is 69.4 Å². The number of aliphatic hydroxyl groups excluding tert-OH is 4. The molecular formula is C13H27NO6. The van der Waals surface area contributed by atoms with Gasteiger partial charge in [-0.2, -0.15) is 0 Å². The van der Waals surface area contributed by atoms with Crippen LogP contribution in [0.4, 0.5) is 0 Å². The van der Waals surface area contributed by atoms with Crippen LogP contribution in [0.1, 0.15) is 32.6 Å². The lowest BCUT2D eigenvalue weighted by molar-refractivity contribution is -0.181. The van der Waals surface area contributed by atoms with E-state index in [0.717, 1.165) is 19.3 Å². The van der Waals surface area contributed by atoms with Crippen molar-refractivity contribution in [1.82, 2.24) is 0 Å². The number of rotatable bonds is 9. The minimum atomic E-state index is -1.28. The van der Waals surface area contributed by atoms with E-state index in [4.69, 9.17) is 20.3 Å². The van der Waals surface area contributed by atoms with E-state index in [0.29, 0.717) is 13.0 Å². The number of hydrogen-bond acceptors (Lipinski definition) is 7. The monoisotopic (exact) mass is 293 g/mol. The van der Waals surface area contributed by atoms with Gasteiger partial charge in [0.2, 0.25) is 0 Å². The second-order valence-electron chi connectivity index (χ2n) is 5.26. The van der Waals surface area contributed by atoms with Gasteiger partial charge in [0, 0.05) is 6.04 Å². The molecule has 120 valence electrons. The first-order valence-electron chi connectivity index (χ1n) is 7.19. The zero-order valence-electron chi connectivity index (χ0n) is 11.9.